The van der Waals surface area contributed by atoms with E-state index in [1.165, 1.54) is 11.3 Å². The number of aliphatic hydroxyl groups is 1. The van der Waals surface area contributed by atoms with Gasteiger partial charge in [-0.2, -0.15) is 0 Å². The highest BCUT2D eigenvalue weighted by Crippen LogP contribution is 2.12. The van der Waals surface area contributed by atoms with Crippen LogP contribution in [-0.2, 0) is 6.54 Å². The molecule has 0 radical (unpaired) electrons. The average molecular weight is 279 g/mol. The molecule has 0 aliphatic carbocycles. The molecule has 2 heterocycles. The molecule has 0 aliphatic rings. The summed E-state index contributed by atoms with van der Waals surface area (Å²) in [6.45, 7) is 6.31. The molecule has 0 fully saturated rings. The lowest BCUT2D eigenvalue weighted by molar-refractivity contribution is 0.203. The molecule has 0 saturated carbocycles. The van der Waals surface area contributed by atoms with Gasteiger partial charge in [-0.05, 0) is 11.4 Å². The summed E-state index contributed by atoms with van der Waals surface area (Å²) >= 11 is 1.42. The minimum Gasteiger partial charge on any atom is -0.395 e. The van der Waals surface area contributed by atoms with Crippen LogP contribution in [0, 0.1) is 0 Å². The molecule has 2 rings (SSSR count). The van der Waals surface area contributed by atoms with Crippen molar-refractivity contribution in [3.8, 4) is 0 Å². The molecule has 5 nitrogen and oxygen atoms in total. The smallest absolute Gasteiger partial charge is 0.271 e. The Kier molecular flexibility index (Phi) is 4.84. The van der Waals surface area contributed by atoms with Gasteiger partial charge in [0.25, 0.3) is 5.56 Å². The van der Waals surface area contributed by atoms with Gasteiger partial charge in [0.15, 0.2) is 0 Å². The first-order chi connectivity index (χ1) is 9.26. The van der Waals surface area contributed by atoms with Crippen LogP contribution in [0.3, 0.4) is 0 Å². The second kappa shape index (κ2) is 6.60. The van der Waals surface area contributed by atoms with Gasteiger partial charge in [0.1, 0.15) is 4.70 Å². The highest BCUT2D eigenvalue weighted by Gasteiger charge is 2.07. The fraction of sp³-hybridized carbons (Fsp3) is 0.385. The van der Waals surface area contributed by atoms with E-state index in [9.17, 15) is 4.79 Å². The van der Waals surface area contributed by atoms with Gasteiger partial charge < -0.3 is 5.11 Å². The van der Waals surface area contributed by atoms with Crippen LogP contribution in [0.4, 0.5) is 0 Å². The van der Waals surface area contributed by atoms with E-state index in [1.807, 2.05) is 16.3 Å². The van der Waals surface area contributed by atoms with Gasteiger partial charge in [0.2, 0.25) is 0 Å². The Balaban J connectivity index is 2.10. The first-order valence-electron chi connectivity index (χ1n) is 6.13. The molecular weight excluding hydrogens is 262 g/mol. The third kappa shape index (κ3) is 3.28. The van der Waals surface area contributed by atoms with Crippen molar-refractivity contribution >= 4 is 21.6 Å². The summed E-state index contributed by atoms with van der Waals surface area (Å²) in [7, 11) is 0. The summed E-state index contributed by atoms with van der Waals surface area (Å²) in [5, 5.41) is 10.8. The van der Waals surface area contributed by atoms with E-state index >= 15 is 0 Å². The van der Waals surface area contributed by atoms with Crippen LogP contribution in [0.15, 0.2) is 35.2 Å². The Bertz CT molecular complexity index is 605. The molecule has 2 aromatic heterocycles. The lowest BCUT2D eigenvalue weighted by Crippen LogP contribution is -2.33. The van der Waals surface area contributed by atoms with E-state index in [0.29, 0.717) is 30.9 Å². The monoisotopic (exact) mass is 279 g/mol. The minimum atomic E-state index is 0.00236. The molecule has 0 atom stereocenters. The van der Waals surface area contributed by atoms with Gasteiger partial charge in [-0.3, -0.25) is 14.3 Å². The molecule has 0 aliphatic heterocycles. The number of hydrogen-bond acceptors (Lipinski definition) is 5. The number of fused-ring (bicyclic) bond motifs is 1. The van der Waals surface area contributed by atoms with Crippen molar-refractivity contribution in [3.05, 3.63) is 40.8 Å². The number of nitrogens with zero attached hydrogens (tertiary/aromatic N) is 3. The summed E-state index contributed by atoms with van der Waals surface area (Å²) in [5.41, 5.74) is 0.757. The maximum absolute atomic E-state index is 12.2. The molecule has 0 unspecified atom stereocenters. The average Bonchev–Trinajstić information content (AvgIpc) is 2.87. The number of hydrogen-bond donors (Lipinski definition) is 1. The van der Waals surface area contributed by atoms with Crippen molar-refractivity contribution in [3.63, 3.8) is 0 Å². The molecule has 0 aromatic carbocycles. The quantitative estimate of drug-likeness (QED) is 0.766. The molecule has 1 N–H and O–H groups in total. The Labute approximate surface area is 115 Å². The number of aromatic nitrogens is 2. The molecule has 0 spiro atoms. The molecule has 2 aromatic rings. The zero-order chi connectivity index (χ0) is 13.7. The predicted molar refractivity (Wildman–Crippen MR) is 77.6 cm³/mol. The molecular formula is C13H17N3O2S. The van der Waals surface area contributed by atoms with Crippen LogP contribution in [0.1, 0.15) is 0 Å². The SMILES string of the molecule is C=CCN(CCO)CCn1cnc2ccsc2c1=O. The van der Waals surface area contributed by atoms with Crippen molar-refractivity contribution in [2.75, 3.05) is 26.2 Å². The van der Waals surface area contributed by atoms with Crippen molar-refractivity contribution in [2.24, 2.45) is 0 Å². The Morgan fingerprint density at radius 3 is 3.11 bits per heavy atom. The highest BCUT2D eigenvalue weighted by atomic mass is 32.1. The first kappa shape index (κ1) is 13.9. The fourth-order valence-corrected chi connectivity index (χ4v) is 2.70. The van der Waals surface area contributed by atoms with Gasteiger partial charge in [-0.1, -0.05) is 6.08 Å². The summed E-state index contributed by atoms with van der Waals surface area (Å²) in [4.78, 5) is 18.5. The van der Waals surface area contributed by atoms with E-state index in [0.717, 1.165) is 5.52 Å². The number of rotatable bonds is 7. The normalized spacial score (nSPS) is 11.3. The summed E-state index contributed by atoms with van der Waals surface area (Å²) in [6, 6.07) is 1.85. The Hall–Kier alpha value is -1.50. The molecule has 102 valence electrons. The third-order valence-corrected chi connectivity index (χ3v) is 3.79. The molecule has 0 amide bonds. The van der Waals surface area contributed by atoms with Crippen LogP contribution in [0.25, 0.3) is 10.2 Å². The van der Waals surface area contributed by atoms with Crippen LogP contribution in [-0.4, -0.2) is 45.8 Å². The number of thiophene rings is 1. The van der Waals surface area contributed by atoms with E-state index < -0.39 is 0 Å². The summed E-state index contributed by atoms with van der Waals surface area (Å²) in [5.74, 6) is 0. The van der Waals surface area contributed by atoms with Crippen LogP contribution < -0.4 is 5.56 Å². The van der Waals surface area contributed by atoms with Gasteiger partial charge in [0.05, 0.1) is 18.5 Å². The minimum absolute atomic E-state index is 0.00236. The zero-order valence-electron chi connectivity index (χ0n) is 10.7. The van der Waals surface area contributed by atoms with Crippen LogP contribution >= 0.6 is 11.3 Å². The Morgan fingerprint density at radius 2 is 2.37 bits per heavy atom. The lowest BCUT2D eigenvalue weighted by atomic mass is 10.4. The van der Waals surface area contributed by atoms with E-state index in [1.54, 1.807) is 17.0 Å². The summed E-state index contributed by atoms with van der Waals surface area (Å²) in [6.07, 6.45) is 3.38. The van der Waals surface area contributed by atoms with Crippen molar-refractivity contribution < 1.29 is 5.11 Å². The largest absolute Gasteiger partial charge is 0.395 e. The number of aliphatic hydroxyl groups excluding tert-OH is 1. The topological polar surface area (TPSA) is 58.4 Å². The van der Waals surface area contributed by atoms with Crippen molar-refractivity contribution in [1.82, 2.24) is 14.5 Å². The maximum atomic E-state index is 12.2. The fourth-order valence-electron chi connectivity index (χ4n) is 1.91. The zero-order valence-corrected chi connectivity index (χ0v) is 11.5. The van der Waals surface area contributed by atoms with Crippen molar-refractivity contribution in [2.45, 2.75) is 6.54 Å². The highest BCUT2D eigenvalue weighted by molar-refractivity contribution is 7.17. The van der Waals surface area contributed by atoms with E-state index in [-0.39, 0.29) is 12.2 Å². The molecule has 0 saturated heterocycles. The van der Waals surface area contributed by atoms with Crippen LogP contribution in [0.2, 0.25) is 0 Å². The standard InChI is InChI=1S/C13H17N3O2S/c1-2-4-15(7-8-17)5-6-16-10-14-11-3-9-19-12(11)13(16)18/h2-3,9-10,17H,1,4-8H2. The van der Waals surface area contributed by atoms with E-state index in [2.05, 4.69) is 11.6 Å². The summed E-state index contributed by atoms with van der Waals surface area (Å²) < 4.78 is 2.31. The van der Waals surface area contributed by atoms with Crippen LogP contribution in [0.5, 0.6) is 0 Å². The first-order valence-corrected chi connectivity index (χ1v) is 7.01. The predicted octanol–water partition coefficient (Wildman–Crippen LogP) is 0.938. The maximum Gasteiger partial charge on any atom is 0.271 e. The van der Waals surface area contributed by atoms with E-state index in [4.69, 9.17) is 5.11 Å². The second-order valence-electron chi connectivity index (χ2n) is 4.19. The lowest BCUT2D eigenvalue weighted by Gasteiger charge is -2.19. The van der Waals surface area contributed by atoms with Crippen molar-refractivity contribution in [1.29, 1.82) is 0 Å². The Morgan fingerprint density at radius 1 is 1.53 bits per heavy atom. The van der Waals surface area contributed by atoms with Gasteiger partial charge >= 0.3 is 0 Å². The third-order valence-electron chi connectivity index (χ3n) is 2.90. The molecule has 19 heavy (non-hydrogen) atoms. The second-order valence-corrected chi connectivity index (χ2v) is 5.11. The van der Waals surface area contributed by atoms with Gasteiger partial charge in [-0.25, -0.2) is 4.98 Å². The van der Waals surface area contributed by atoms with Gasteiger partial charge in [0, 0.05) is 26.2 Å². The van der Waals surface area contributed by atoms with Gasteiger partial charge in [-0.15, -0.1) is 17.9 Å². The molecule has 0 bridgehead atoms. The molecule has 6 heteroatoms.